The number of hydrogen-bond donors (Lipinski definition) is 1. The van der Waals surface area contributed by atoms with Gasteiger partial charge in [0.25, 0.3) is 0 Å². The second-order valence-corrected chi connectivity index (χ2v) is 4.72. The fraction of sp³-hybridized carbons (Fsp3) is 0.700. The van der Waals surface area contributed by atoms with Crippen LogP contribution in [-0.2, 0) is 0 Å². The molecule has 1 unspecified atom stereocenters. The molecule has 2 aliphatic rings. The molecular formula is C10H17KN2S. The molecule has 0 aromatic carbocycles. The Hall–Kier alpha value is 1.49. The van der Waals surface area contributed by atoms with Crippen LogP contribution < -0.4 is 51.4 Å². The molecule has 2 heterocycles. The average Bonchev–Trinajstić information content (AvgIpc) is 2.08. The van der Waals surface area contributed by atoms with Crippen LogP contribution in [0.3, 0.4) is 0 Å². The van der Waals surface area contributed by atoms with Gasteiger partial charge in [0.1, 0.15) is 0 Å². The van der Waals surface area contributed by atoms with Crippen molar-refractivity contribution in [2.24, 2.45) is 11.8 Å². The normalized spacial score (nSPS) is 33.6. The van der Waals surface area contributed by atoms with Crippen molar-refractivity contribution >= 4 is 12.8 Å². The number of fused-ring (bicyclic) bond motifs is 1. The topological polar surface area (TPSA) is 6.48 Å². The maximum absolute atomic E-state index is 4.40. The maximum Gasteiger partial charge on any atom is 1.00 e. The molecule has 0 bridgehead atoms. The van der Waals surface area contributed by atoms with Crippen LogP contribution in [0.25, 0.3) is 0 Å². The van der Waals surface area contributed by atoms with E-state index >= 15 is 0 Å². The first-order chi connectivity index (χ1) is 6.16. The number of piperidine rings is 2. The molecule has 0 N–H and O–H groups in total. The van der Waals surface area contributed by atoms with Gasteiger partial charge in [-0.2, -0.15) is 0 Å². The van der Waals surface area contributed by atoms with Gasteiger partial charge in [-0.15, -0.1) is 0 Å². The Morgan fingerprint density at radius 1 is 1.36 bits per heavy atom. The van der Waals surface area contributed by atoms with Gasteiger partial charge in [-0.3, -0.25) is 7.05 Å². The summed E-state index contributed by atoms with van der Waals surface area (Å²) in [4.78, 5) is 2.18. The molecule has 2 saturated heterocycles. The van der Waals surface area contributed by atoms with Crippen LogP contribution in [0.5, 0.6) is 0 Å². The third-order valence-corrected chi connectivity index (χ3v) is 3.69. The zero-order valence-corrected chi connectivity index (χ0v) is 13.0. The summed E-state index contributed by atoms with van der Waals surface area (Å²) in [5.41, 5.74) is 1.17. The van der Waals surface area contributed by atoms with E-state index in [0.29, 0.717) is 0 Å². The van der Waals surface area contributed by atoms with Crippen molar-refractivity contribution in [1.82, 2.24) is 9.21 Å². The molecule has 2 fully saturated rings. The zero-order valence-electron chi connectivity index (χ0n) is 8.95. The minimum absolute atomic E-state index is 0. The number of likely N-dealkylation sites (tertiary alicyclic amines) is 1. The Morgan fingerprint density at radius 2 is 2.07 bits per heavy atom. The molecule has 0 spiro atoms. The fourth-order valence-electron chi connectivity index (χ4n) is 2.39. The molecule has 0 aliphatic carbocycles. The van der Waals surface area contributed by atoms with E-state index in [2.05, 4.69) is 31.3 Å². The molecule has 2 nitrogen and oxygen atoms in total. The largest absolute Gasteiger partial charge is 1.00 e. The summed E-state index contributed by atoms with van der Waals surface area (Å²) in [6.07, 6.45) is 2.36. The van der Waals surface area contributed by atoms with Crippen molar-refractivity contribution in [2.75, 3.05) is 19.6 Å². The molecule has 4 heteroatoms. The smallest absolute Gasteiger partial charge is 0.459 e. The second kappa shape index (κ2) is 5.71. The Kier molecular flexibility index (Phi) is 5.52. The van der Waals surface area contributed by atoms with E-state index in [1.807, 2.05) is 4.31 Å². The summed E-state index contributed by atoms with van der Waals surface area (Å²) in [5, 5.41) is 0. The van der Waals surface area contributed by atoms with Crippen LogP contribution >= 0.6 is 12.8 Å². The van der Waals surface area contributed by atoms with Crippen LogP contribution in [0.15, 0.2) is 12.3 Å². The predicted octanol–water partition coefficient (Wildman–Crippen LogP) is -1.22. The Bertz CT molecular complexity index is 222. The van der Waals surface area contributed by atoms with E-state index in [-0.39, 0.29) is 51.4 Å². The van der Waals surface area contributed by atoms with E-state index in [0.717, 1.165) is 37.9 Å². The number of allylic oxidation sites excluding steroid dienone is 1. The summed E-state index contributed by atoms with van der Waals surface area (Å²) in [6, 6.07) is 0. The zero-order chi connectivity index (χ0) is 9.42. The molecule has 2 atom stereocenters. The first-order valence-electron chi connectivity index (χ1n) is 4.86. The van der Waals surface area contributed by atoms with Crippen molar-refractivity contribution < 1.29 is 51.4 Å². The summed E-state index contributed by atoms with van der Waals surface area (Å²) in [5.74, 6) is 1.57. The van der Waals surface area contributed by atoms with Crippen molar-refractivity contribution in [2.45, 2.75) is 12.8 Å². The van der Waals surface area contributed by atoms with Crippen LogP contribution in [0.2, 0.25) is 0 Å². The van der Waals surface area contributed by atoms with E-state index < -0.39 is 0 Å². The van der Waals surface area contributed by atoms with Crippen molar-refractivity contribution in [1.29, 1.82) is 0 Å². The van der Waals surface area contributed by atoms with Gasteiger partial charge in [0.2, 0.25) is 0 Å². The van der Waals surface area contributed by atoms with Crippen LogP contribution in [0.4, 0.5) is 0 Å². The minimum atomic E-state index is 0. The van der Waals surface area contributed by atoms with Gasteiger partial charge in [-0.05, 0) is 37.8 Å². The first kappa shape index (κ1) is 13.6. The molecule has 0 aromatic heterocycles. The van der Waals surface area contributed by atoms with E-state index in [1.165, 1.54) is 12.1 Å². The van der Waals surface area contributed by atoms with Crippen molar-refractivity contribution in [3.63, 3.8) is 0 Å². The number of rotatable bonds is 0. The molecule has 0 radical (unpaired) electrons. The second-order valence-electron chi connectivity index (χ2n) is 4.24. The SMILES string of the molecule is C=C1C[C@@H]2CN([CH2-])CCC2CN1S.[K+]. The van der Waals surface area contributed by atoms with Gasteiger partial charge in [0.05, 0.1) is 0 Å². The van der Waals surface area contributed by atoms with E-state index in [4.69, 9.17) is 0 Å². The summed E-state index contributed by atoms with van der Waals surface area (Å²) < 4.78 is 2.01. The van der Waals surface area contributed by atoms with Gasteiger partial charge < -0.3 is 9.21 Å². The summed E-state index contributed by atoms with van der Waals surface area (Å²) in [6.45, 7) is 7.36. The van der Waals surface area contributed by atoms with Gasteiger partial charge in [-0.25, -0.2) is 0 Å². The third kappa shape index (κ3) is 3.00. The Labute approximate surface area is 135 Å². The van der Waals surface area contributed by atoms with Gasteiger partial charge in [0, 0.05) is 12.2 Å². The van der Waals surface area contributed by atoms with Crippen LogP contribution in [-0.4, -0.2) is 28.8 Å². The monoisotopic (exact) mass is 236 g/mol. The standard InChI is InChI=1S/C10H17N2S.K/c1-8-5-10-6-11(2)4-3-9(10)7-12(8)13;/h9-10,13H,1-7H2;/q-1;+1/t9?,10-;/m1./s1. The molecular weight excluding hydrogens is 219 g/mol. The Morgan fingerprint density at radius 3 is 2.79 bits per heavy atom. The molecule has 74 valence electrons. The van der Waals surface area contributed by atoms with Crippen LogP contribution in [0, 0.1) is 18.9 Å². The van der Waals surface area contributed by atoms with E-state index in [9.17, 15) is 0 Å². The molecule has 14 heavy (non-hydrogen) atoms. The quantitative estimate of drug-likeness (QED) is 0.320. The third-order valence-electron chi connectivity index (χ3n) is 3.25. The number of thiol groups is 1. The maximum atomic E-state index is 4.40. The van der Waals surface area contributed by atoms with Gasteiger partial charge in [-0.1, -0.05) is 19.4 Å². The number of nitrogens with zero attached hydrogens (tertiary/aromatic N) is 2. The predicted molar refractivity (Wildman–Crippen MR) is 58.0 cm³/mol. The molecule has 0 saturated carbocycles. The van der Waals surface area contributed by atoms with Crippen LogP contribution in [0.1, 0.15) is 12.8 Å². The molecule has 2 rings (SSSR count). The number of hydrogen-bond acceptors (Lipinski definition) is 3. The first-order valence-corrected chi connectivity index (χ1v) is 5.26. The molecule has 2 aliphatic heterocycles. The van der Waals surface area contributed by atoms with Crippen molar-refractivity contribution in [3.8, 4) is 0 Å². The fourth-order valence-corrected chi connectivity index (χ4v) is 2.68. The summed E-state index contributed by atoms with van der Waals surface area (Å²) >= 11 is 4.40. The minimum Gasteiger partial charge on any atom is -0.459 e. The van der Waals surface area contributed by atoms with Gasteiger partial charge in [0.15, 0.2) is 0 Å². The average molecular weight is 236 g/mol. The molecule has 0 amide bonds. The summed E-state index contributed by atoms with van der Waals surface area (Å²) in [7, 11) is 4.00. The van der Waals surface area contributed by atoms with Crippen molar-refractivity contribution in [3.05, 3.63) is 19.3 Å². The van der Waals surface area contributed by atoms with Gasteiger partial charge >= 0.3 is 51.4 Å². The molecule has 0 aromatic rings. The van der Waals surface area contributed by atoms with E-state index in [1.54, 1.807) is 0 Å². The Balaban J connectivity index is 0.000000980.